The molecule has 0 aliphatic carbocycles. The molecule has 0 radical (unpaired) electrons. The Bertz CT molecular complexity index is 319. The Morgan fingerprint density at radius 1 is 0.895 bits per heavy atom. The van der Waals surface area contributed by atoms with E-state index < -0.39 is 0 Å². The monoisotopic (exact) mass is 388 g/mol. The molecule has 1 rings (SSSR count). The average Bonchev–Trinajstić information content (AvgIpc) is 2.40. The third-order valence-electron chi connectivity index (χ3n) is 3.49. The number of rotatable bonds is 10. The summed E-state index contributed by atoms with van der Waals surface area (Å²) in [7, 11) is 0. The number of unbranched alkanes of at least 4 members (excludes halogenated alkanes) is 6. The molecule has 1 aromatic carbocycles. The van der Waals surface area contributed by atoms with Gasteiger partial charge in [-0.15, -0.1) is 0 Å². The highest BCUT2D eigenvalue weighted by atomic mass is 79.9. The lowest BCUT2D eigenvalue weighted by molar-refractivity contribution is 0.570. The molecule has 0 saturated heterocycles. The average molecular weight is 390 g/mol. The lowest BCUT2D eigenvalue weighted by Crippen LogP contribution is -2.02. The summed E-state index contributed by atoms with van der Waals surface area (Å²) in [5.41, 5.74) is 1.42. The Labute approximate surface area is 135 Å². The van der Waals surface area contributed by atoms with Crippen LogP contribution < -0.4 is 0 Å². The van der Waals surface area contributed by atoms with E-state index >= 15 is 0 Å². The van der Waals surface area contributed by atoms with Crippen molar-refractivity contribution in [2.75, 3.05) is 0 Å². The first kappa shape index (κ1) is 17.2. The fourth-order valence-corrected chi connectivity index (χ4v) is 3.26. The molecule has 0 aromatic heterocycles. The van der Waals surface area contributed by atoms with Gasteiger partial charge in [0.05, 0.1) is 0 Å². The number of benzene rings is 1. The molecule has 0 heterocycles. The summed E-state index contributed by atoms with van der Waals surface area (Å²) in [5, 5.41) is 0. The van der Waals surface area contributed by atoms with Gasteiger partial charge in [0, 0.05) is 9.30 Å². The second-order valence-corrected chi connectivity index (χ2v) is 7.55. The lowest BCUT2D eigenvalue weighted by atomic mass is 10.0. The van der Waals surface area contributed by atoms with Crippen molar-refractivity contribution in [2.24, 2.45) is 0 Å². The van der Waals surface area contributed by atoms with E-state index in [9.17, 15) is 0 Å². The zero-order valence-corrected chi connectivity index (χ0v) is 15.2. The van der Waals surface area contributed by atoms with Gasteiger partial charge in [-0.2, -0.15) is 0 Å². The van der Waals surface area contributed by atoms with Crippen LogP contribution in [0.15, 0.2) is 28.7 Å². The van der Waals surface area contributed by atoms with Gasteiger partial charge in [0.2, 0.25) is 0 Å². The van der Waals surface area contributed by atoms with Gasteiger partial charge < -0.3 is 0 Å². The number of halogens is 2. The van der Waals surface area contributed by atoms with E-state index in [1.54, 1.807) is 0 Å². The molecule has 0 aliphatic rings. The minimum absolute atomic E-state index is 0.629. The summed E-state index contributed by atoms with van der Waals surface area (Å²) in [5.74, 6) is 0. The van der Waals surface area contributed by atoms with Crippen LogP contribution in [0.4, 0.5) is 0 Å². The summed E-state index contributed by atoms with van der Waals surface area (Å²) >= 11 is 7.29. The topological polar surface area (TPSA) is 0 Å². The zero-order chi connectivity index (χ0) is 13.9. The minimum Gasteiger partial charge on any atom is -0.0887 e. The van der Waals surface area contributed by atoms with E-state index in [-0.39, 0.29) is 0 Å². The van der Waals surface area contributed by atoms with Gasteiger partial charge in [0.15, 0.2) is 0 Å². The molecule has 1 atom stereocenters. The third-order valence-corrected chi connectivity index (χ3v) is 4.80. The summed E-state index contributed by atoms with van der Waals surface area (Å²) in [6, 6.07) is 8.68. The van der Waals surface area contributed by atoms with Crippen LogP contribution in [-0.4, -0.2) is 4.83 Å². The highest BCUT2D eigenvalue weighted by molar-refractivity contribution is 9.10. The van der Waals surface area contributed by atoms with Gasteiger partial charge in [-0.3, -0.25) is 0 Å². The van der Waals surface area contributed by atoms with E-state index in [1.807, 2.05) is 0 Å². The van der Waals surface area contributed by atoms with Crippen molar-refractivity contribution in [3.8, 4) is 0 Å². The van der Waals surface area contributed by atoms with Gasteiger partial charge in [-0.1, -0.05) is 95.9 Å². The number of hydrogen-bond acceptors (Lipinski definition) is 0. The molecule has 0 fully saturated rings. The molecule has 0 bridgehead atoms. The third kappa shape index (κ3) is 8.86. The predicted octanol–water partition coefficient (Wildman–Crippen LogP) is 6.90. The Morgan fingerprint density at radius 2 is 1.47 bits per heavy atom. The van der Waals surface area contributed by atoms with Crippen molar-refractivity contribution in [1.82, 2.24) is 0 Å². The van der Waals surface area contributed by atoms with E-state index in [1.165, 1.54) is 56.9 Å². The molecule has 2 heteroatoms. The normalized spacial score (nSPS) is 12.6. The summed E-state index contributed by atoms with van der Waals surface area (Å²) in [6.45, 7) is 2.28. The first-order valence-electron chi connectivity index (χ1n) is 7.61. The number of hydrogen-bond donors (Lipinski definition) is 0. The quantitative estimate of drug-likeness (QED) is 0.301. The maximum Gasteiger partial charge on any atom is 0.0186 e. The van der Waals surface area contributed by atoms with Crippen LogP contribution in [0.3, 0.4) is 0 Å². The Hall–Kier alpha value is 0.180. The fraction of sp³-hybridized carbons (Fsp3) is 0.647. The molecular formula is C17H26Br2. The maximum absolute atomic E-state index is 3.82. The Morgan fingerprint density at radius 3 is 2.11 bits per heavy atom. The SMILES string of the molecule is CCCCCCCCCC(Br)Cc1ccc(Br)cc1. The van der Waals surface area contributed by atoms with Gasteiger partial charge in [0.1, 0.15) is 0 Å². The molecule has 0 N–H and O–H groups in total. The second-order valence-electron chi connectivity index (χ2n) is 5.34. The molecule has 0 nitrogen and oxygen atoms in total. The highest BCUT2D eigenvalue weighted by Crippen LogP contribution is 2.19. The van der Waals surface area contributed by atoms with E-state index in [4.69, 9.17) is 0 Å². The van der Waals surface area contributed by atoms with E-state index in [0.29, 0.717) is 4.83 Å². The molecule has 19 heavy (non-hydrogen) atoms. The molecule has 1 aromatic rings. The van der Waals surface area contributed by atoms with Gasteiger partial charge in [0.25, 0.3) is 0 Å². The number of alkyl halides is 1. The van der Waals surface area contributed by atoms with Crippen LogP contribution >= 0.6 is 31.9 Å². The second kappa shape index (κ2) is 10.9. The largest absolute Gasteiger partial charge is 0.0887 e. The van der Waals surface area contributed by atoms with Crippen molar-refractivity contribution in [3.05, 3.63) is 34.3 Å². The highest BCUT2D eigenvalue weighted by Gasteiger charge is 2.05. The van der Waals surface area contributed by atoms with Crippen molar-refractivity contribution in [2.45, 2.75) is 69.5 Å². The maximum atomic E-state index is 3.82. The zero-order valence-electron chi connectivity index (χ0n) is 12.0. The van der Waals surface area contributed by atoms with Crippen LogP contribution in [-0.2, 0) is 6.42 Å². The molecule has 0 aliphatic heterocycles. The van der Waals surface area contributed by atoms with Crippen LogP contribution in [0.25, 0.3) is 0 Å². The fourth-order valence-electron chi connectivity index (χ4n) is 2.30. The van der Waals surface area contributed by atoms with E-state index in [0.717, 1.165) is 10.9 Å². The molecule has 108 valence electrons. The molecule has 0 amide bonds. The van der Waals surface area contributed by atoms with Crippen LogP contribution in [0, 0.1) is 0 Å². The van der Waals surface area contributed by atoms with Gasteiger partial charge >= 0.3 is 0 Å². The van der Waals surface area contributed by atoms with E-state index in [2.05, 4.69) is 63.0 Å². The first-order chi connectivity index (χ1) is 9.22. The van der Waals surface area contributed by atoms with Crippen LogP contribution in [0.2, 0.25) is 0 Å². The molecule has 1 unspecified atom stereocenters. The van der Waals surface area contributed by atoms with Crippen molar-refractivity contribution >= 4 is 31.9 Å². The predicted molar refractivity (Wildman–Crippen MR) is 93.2 cm³/mol. The lowest BCUT2D eigenvalue weighted by Gasteiger charge is -2.10. The van der Waals surface area contributed by atoms with Crippen molar-refractivity contribution < 1.29 is 0 Å². The van der Waals surface area contributed by atoms with Crippen molar-refractivity contribution in [1.29, 1.82) is 0 Å². The Kier molecular flexibility index (Phi) is 9.89. The molecule has 0 saturated carbocycles. The first-order valence-corrected chi connectivity index (χ1v) is 9.31. The van der Waals surface area contributed by atoms with Crippen LogP contribution in [0.1, 0.15) is 63.9 Å². The van der Waals surface area contributed by atoms with Gasteiger partial charge in [-0.05, 0) is 30.5 Å². The van der Waals surface area contributed by atoms with Crippen molar-refractivity contribution in [3.63, 3.8) is 0 Å². The molecule has 0 spiro atoms. The smallest absolute Gasteiger partial charge is 0.0186 e. The summed E-state index contributed by atoms with van der Waals surface area (Å²) in [6.07, 6.45) is 12.2. The van der Waals surface area contributed by atoms with Crippen LogP contribution in [0.5, 0.6) is 0 Å². The minimum atomic E-state index is 0.629. The standard InChI is InChI=1S/C17H26Br2/c1-2-3-4-5-6-7-8-9-17(19)14-15-10-12-16(18)13-11-15/h10-13,17H,2-9,14H2,1H3. The summed E-state index contributed by atoms with van der Waals surface area (Å²) < 4.78 is 1.16. The Balaban J connectivity index is 2.04. The molecular weight excluding hydrogens is 364 g/mol. The van der Waals surface area contributed by atoms with Gasteiger partial charge in [-0.25, -0.2) is 0 Å². The summed E-state index contributed by atoms with van der Waals surface area (Å²) in [4.78, 5) is 0.629.